The minimum Gasteiger partial charge on any atom is -0.493 e. The molecule has 0 aliphatic rings. The van der Waals surface area contributed by atoms with Gasteiger partial charge in [-0.15, -0.1) is 0 Å². The van der Waals surface area contributed by atoms with Gasteiger partial charge >= 0.3 is 12.1 Å². The van der Waals surface area contributed by atoms with Crippen LogP contribution in [-0.2, 0) is 22.7 Å². The van der Waals surface area contributed by atoms with Crippen LogP contribution in [0.5, 0.6) is 11.5 Å². The number of alkyl carbamates (subject to hydrolysis) is 1. The highest BCUT2D eigenvalue weighted by molar-refractivity contribution is 5.73. The van der Waals surface area contributed by atoms with Crippen LogP contribution in [0.4, 0.5) is 4.79 Å². The average molecular weight is 401 g/mol. The predicted molar refractivity (Wildman–Crippen MR) is 108 cm³/mol. The normalized spacial score (nSPS) is 11.4. The topological polar surface area (TPSA) is 94.1 Å². The molecule has 1 atom stereocenters. The molecule has 0 saturated carbocycles. The molecule has 0 fully saturated rings. The number of ether oxygens (including phenoxy) is 3. The number of amides is 1. The van der Waals surface area contributed by atoms with Crippen molar-refractivity contribution in [3.05, 3.63) is 59.7 Å². The van der Waals surface area contributed by atoms with Gasteiger partial charge in [0.15, 0.2) is 17.6 Å². The number of benzene rings is 2. The van der Waals surface area contributed by atoms with Crippen LogP contribution in [-0.4, -0.2) is 30.4 Å². The molecule has 0 radical (unpaired) electrons. The quantitative estimate of drug-likeness (QED) is 0.588. The zero-order chi connectivity index (χ0) is 21.1. The van der Waals surface area contributed by atoms with E-state index >= 15 is 0 Å². The summed E-state index contributed by atoms with van der Waals surface area (Å²) in [7, 11) is 1.49. The third-order valence-corrected chi connectivity index (χ3v) is 4.24. The van der Waals surface area contributed by atoms with Crippen LogP contribution in [0.15, 0.2) is 48.5 Å². The first kappa shape index (κ1) is 22.1. The van der Waals surface area contributed by atoms with Gasteiger partial charge in [0.2, 0.25) is 0 Å². The van der Waals surface area contributed by atoms with Crippen molar-refractivity contribution in [2.45, 2.75) is 45.4 Å². The molecule has 0 saturated heterocycles. The lowest BCUT2D eigenvalue weighted by Gasteiger charge is -2.18. The van der Waals surface area contributed by atoms with Crippen molar-refractivity contribution in [1.82, 2.24) is 5.32 Å². The molecule has 0 heterocycles. The van der Waals surface area contributed by atoms with Crippen molar-refractivity contribution < 1.29 is 28.9 Å². The Hall–Kier alpha value is -3.22. The molecular formula is C22H27NO6. The fourth-order valence-corrected chi connectivity index (χ4v) is 2.65. The fraction of sp³-hybridized carbons (Fsp3) is 0.364. The molecule has 2 aromatic carbocycles. The Morgan fingerprint density at radius 3 is 2.48 bits per heavy atom. The lowest BCUT2D eigenvalue weighted by molar-refractivity contribution is -0.145. The molecule has 0 bridgehead atoms. The maximum atomic E-state index is 11.9. The number of rotatable bonds is 11. The highest BCUT2D eigenvalue weighted by atomic mass is 16.5. The van der Waals surface area contributed by atoms with Gasteiger partial charge < -0.3 is 24.6 Å². The summed E-state index contributed by atoms with van der Waals surface area (Å²) in [5, 5.41) is 12.1. The van der Waals surface area contributed by atoms with Crippen LogP contribution < -0.4 is 14.8 Å². The summed E-state index contributed by atoms with van der Waals surface area (Å²) in [6, 6.07) is 14.5. The number of carbonyl (C=O) groups excluding carboxylic acids is 1. The molecule has 0 spiro atoms. The van der Waals surface area contributed by atoms with E-state index in [4.69, 9.17) is 14.2 Å². The summed E-state index contributed by atoms with van der Waals surface area (Å²) < 4.78 is 16.1. The Morgan fingerprint density at radius 1 is 1.07 bits per heavy atom. The molecule has 29 heavy (non-hydrogen) atoms. The molecule has 1 amide bonds. The maximum Gasteiger partial charge on any atom is 0.407 e. The van der Waals surface area contributed by atoms with Crippen LogP contribution in [0.1, 0.15) is 37.3 Å². The Kier molecular flexibility index (Phi) is 8.82. The van der Waals surface area contributed by atoms with E-state index in [0.29, 0.717) is 17.9 Å². The lowest BCUT2D eigenvalue weighted by Crippen LogP contribution is -2.27. The van der Waals surface area contributed by atoms with Gasteiger partial charge in [-0.1, -0.05) is 49.7 Å². The summed E-state index contributed by atoms with van der Waals surface area (Å²) in [5.41, 5.74) is 1.63. The highest BCUT2D eigenvalue weighted by Crippen LogP contribution is 2.30. The van der Waals surface area contributed by atoms with Gasteiger partial charge in [0.25, 0.3) is 0 Å². The summed E-state index contributed by atoms with van der Waals surface area (Å²) in [4.78, 5) is 23.4. The molecule has 7 heteroatoms. The van der Waals surface area contributed by atoms with E-state index in [9.17, 15) is 14.7 Å². The van der Waals surface area contributed by atoms with Crippen molar-refractivity contribution in [3.63, 3.8) is 0 Å². The number of hydrogen-bond acceptors (Lipinski definition) is 5. The third kappa shape index (κ3) is 7.37. The molecule has 1 unspecified atom stereocenters. The van der Waals surface area contributed by atoms with Gasteiger partial charge in [0, 0.05) is 6.54 Å². The van der Waals surface area contributed by atoms with Crippen LogP contribution >= 0.6 is 0 Å². The lowest BCUT2D eigenvalue weighted by atomic mass is 10.1. The fourth-order valence-electron chi connectivity index (χ4n) is 2.65. The summed E-state index contributed by atoms with van der Waals surface area (Å²) in [5.74, 6) is -0.260. The van der Waals surface area contributed by atoms with E-state index in [0.717, 1.165) is 24.0 Å². The number of aliphatic carboxylic acids is 1. The van der Waals surface area contributed by atoms with E-state index in [1.807, 2.05) is 37.3 Å². The van der Waals surface area contributed by atoms with Crippen molar-refractivity contribution in [2.24, 2.45) is 0 Å². The number of methoxy groups -OCH3 is 1. The summed E-state index contributed by atoms with van der Waals surface area (Å²) >= 11 is 0. The molecule has 2 N–H and O–H groups in total. The van der Waals surface area contributed by atoms with Crippen LogP contribution in [0, 0.1) is 0 Å². The van der Waals surface area contributed by atoms with E-state index in [-0.39, 0.29) is 13.2 Å². The Bertz CT molecular complexity index is 793. The maximum absolute atomic E-state index is 11.9. The van der Waals surface area contributed by atoms with Gasteiger partial charge in [-0.3, -0.25) is 0 Å². The van der Waals surface area contributed by atoms with Gasteiger partial charge in [-0.05, 0) is 36.1 Å². The van der Waals surface area contributed by atoms with E-state index in [1.54, 1.807) is 18.2 Å². The zero-order valence-electron chi connectivity index (χ0n) is 16.7. The molecule has 156 valence electrons. The van der Waals surface area contributed by atoms with Crippen LogP contribution in [0.2, 0.25) is 0 Å². The summed E-state index contributed by atoms with van der Waals surface area (Å²) in [6.45, 7) is 2.38. The van der Waals surface area contributed by atoms with Crippen LogP contribution in [0.25, 0.3) is 0 Å². The molecule has 2 aromatic rings. The summed E-state index contributed by atoms with van der Waals surface area (Å²) in [6.07, 6.45) is 0.525. The molecule has 0 aromatic heterocycles. The zero-order valence-corrected chi connectivity index (χ0v) is 16.7. The minimum absolute atomic E-state index is 0.182. The van der Waals surface area contributed by atoms with Crippen molar-refractivity contribution in [3.8, 4) is 11.5 Å². The van der Waals surface area contributed by atoms with Crippen molar-refractivity contribution >= 4 is 12.1 Å². The second-order valence-electron chi connectivity index (χ2n) is 6.49. The minimum atomic E-state index is -1.02. The molecule has 0 aliphatic heterocycles. The highest BCUT2D eigenvalue weighted by Gasteiger charge is 2.21. The second kappa shape index (κ2) is 11.6. The van der Waals surface area contributed by atoms with E-state index in [1.165, 1.54) is 7.11 Å². The molecule has 2 rings (SSSR count). The number of carboxylic acid groups (broad SMARTS) is 1. The SMILES string of the molecule is CCCCC(Oc1cc(CNC(=O)OCc2ccccc2)ccc1OC)C(=O)O. The Morgan fingerprint density at radius 2 is 1.83 bits per heavy atom. The van der Waals surface area contributed by atoms with Gasteiger partial charge in [-0.25, -0.2) is 9.59 Å². The van der Waals surface area contributed by atoms with E-state index in [2.05, 4.69) is 5.32 Å². The monoisotopic (exact) mass is 401 g/mol. The van der Waals surface area contributed by atoms with E-state index < -0.39 is 18.2 Å². The number of nitrogens with one attached hydrogen (secondary N) is 1. The van der Waals surface area contributed by atoms with Gasteiger partial charge in [0.05, 0.1) is 7.11 Å². The first-order valence-electron chi connectivity index (χ1n) is 9.54. The third-order valence-electron chi connectivity index (χ3n) is 4.24. The number of carbonyl (C=O) groups is 2. The van der Waals surface area contributed by atoms with Gasteiger partial charge in [-0.2, -0.15) is 0 Å². The number of carboxylic acids is 1. The standard InChI is InChI=1S/C22H27NO6/c1-3-4-10-19(21(24)25)29-20-13-17(11-12-18(20)27-2)14-23-22(26)28-15-16-8-6-5-7-9-16/h5-9,11-13,19H,3-4,10,14-15H2,1-2H3,(H,23,26)(H,24,25). The first-order chi connectivity index (χ1) is 14.0. The second-order valence-corrected chi connectivity index (χ2v) is 6.49. The molecule has 7 nitrogen and oxygen atoms in total. The van der Waals surface area contributed by atoms with Gasteiger partial charge in [0.1, 0.15) is 6.61 Å². The average Bonchev–Trinajstić information content (AvgIpc) is 2.74. The largest absolute Gasteiger partial charge is 0.493 e. The van der Waals surface area contributed by atoms with Crippen molar-refractivity contribution in [1.29, 1.82) is 0 Å². The smallest absolute Gasteiger partial charge is 0.407 e. The Labute approximate surface area is 170 Å². The predicted octanol–water partition coefficient (Wildman–Crippen LogP) is 4.14. The van der Waals surface area contributed by atoms with Crippen LogP contribution in [0.3, 0.4) is 0 Å². The van der Waals surface area contributed by atoms with Crippen molar-refractivity contribution in [2.75, 3.05) is 7.11 Å². The number of unbranched alkanes of at least 4 members (excludes halogenated alkanes) is 1. The molecule has 0 aliphatic carbocycles. The first-order valence-corrected chi connectivity index (χ1v) is 9.54. The molecular weight excluding hydrogens is 374 g/mol. The Balaban J connectivity index is 1.96. The number of hydrogen-bond donors (Lipinski definition) is 2.